The molecule has 0 aliphatic carbocycles. The van der Waals surface area contributed by atoms with Gasteiger partial charge in [-0.25, -0.2) is 9.31 Å². The first-order valence-electron chi connectivity index (χ1n) is 9.52. The fourth-order valence-electron chi connectivity index (χ4n) is 3.46. The number of hydrogen-bond acceptors (Lipinski definition) is 6. The fourth-order valence-corrected chi connectivity index (χ4v) is 3.46. The zero-order valence-corrected chi connectivity index (χ0v) is 16.8. The Kier molecular flexibility index (Phi) is 6.15. The van der Waals surface area contributed by atoms with Crippen molar-refractivity contribution < 1.29 is 24.2 Å². The van der Waals surface area contributed by atoms with E-state index in [0.29, 0.717) is 30.6 Å². The molecule has 0 amide bonds. The molecule has 0 saturated heterocycles. The molecular weight excluding hydrogens is 386 g/mol. The fraction of sp³-hybridized carbons (Fsp3) is 0.273. The maximum absolute atomic E-state index is 12.4. The Bertz CT molecular complexity index is 1120. The highest BCUT2D eigenvalue weighted by atomic mass is 16.5. The van der Waals surface area contributed by atoms with Crippen LogP contribution in [0.15, 0.2) is 30.3 Å². The molecule has 8 nitrogen and oxygen atoms in total. The molecule has 0 fully saturated rings. The van der Waals surface area contributed by atoms with Gasteiger partial charge in [0, 0.05) is 6.42 Å². The number of nitrogens with two attached hydrogens (primary N) is 1. The molecule has 1 aromatic carbocycles. The molecule has 3 N–H and O–H groups in total. The van der Waals surface area contributed by atoms with Gasteiger partial charge in [-0.15, -0.1) is 0 Å². The summed E-state index contributed by atoms with van der Waals surface area (Å²) in [5, 5.41) is 13.7. The van der Waals surface area contributed by atoms with E-state index < -0.39 is 18.4 Å². The number of aryl methyl sites for hydroxylation is 1. The molecule has 2 heterocycles. The van der Waals surface area contributed by atoms with E-state index in [1.54, 1.807) is 4.52 Å². The van der Waals surface area contributed by atoms with Crippen LogP contribution in [0.3, 0.4) is 0 Å². The van der Waals surface area contributed by atoms with Gasteiger partial charge in [-0.3, -0.25) is 9.59 Å². The van der Waals surface area contributed by atoms with Gasteiger partial charge in [-0.05, 0) is 24.5 Å². The van der Waals surface area contributed by atoms with Gasteiger partial charge in [0.1, 0.15) is 5.52 Å². The number of hydrogen-bond donors (Lipinski definition) is 2. The van der Waals surface area contributed by atoms with Crippen molar-refractivity contribution in [2.24, 2.45) is 0 Å². The van der Waals surface area contributed by atoms with Crippen molar-refractivity contribution in [2.45, 2.75) is 33.1 Å². The maximum atomic E-state index is 12.4. The summed E-state index contributed by atoms with van der Waals surface area (Å²) in [7, 11) is 0. The van der Waals surface area contributed by atoms with Crippen molar-refractivity contribution in [3.8, 4) is 5.75 Å². The SMILES string of the molecule is CCCc1nn2c(Cc3ccccc3)c(C)c(N)c2c(OCC(=O)O)c1C(=O)[C]=O. The highest BCUT2D eigenvalue weighted by Crippen LogP contribution is 2.37. The van der Waals surface area contributed by atoms with E-state index >= 15 is 0 Å². The van der Waals surface area contributed by atoms with Crippen molar-refractivity contribution >= 4 is 29.2 Å². The molecular formula is C22H22N3O5. The van der Waals surface area contributed by atoms with Crippen molar-refractivity contribution in [3.05, 3.63) is 58.4 Å². The van der Waals surface area contributed by atoms with Crippen LogP contribution in [-0.4, -0.2) is 39.4 Å². The monoisotopic (exact) mass is 408 g/mol. The lowest BCUT2D eigenvalue weighted by atomic mass is 10.0. The van der Waals surface area contributed by atoms with Crippen LogP contribution >= 0.6 is 0 Å². The average Bonchev–Trinajstić information content (AvgIpc) is 2.96. The lowest BCUT2D eigenvalue weighted by Gasteiger charge is -2.15. The number of rotatable bonds is 9. The Morgan fingerprint density at radius 3 is 2.57 bits per heavy atom. The number of nitrogen functional groups attached to an aromatic ring is 1. The topological polar surface area (TPSA) is 124 Å². The number of ether oxygens (including phenoxy) is 1. The van der Waals surface area contributed by atoms with Crippen molar-refractivity contribution in [1.29, 1.82) is 0 Å². The number of aromatic nitrogens is 2. The van der Waals surface area contributed by atoms with Crippen molar-refractivity contribution in [3.63, 3.8) is 0 Å². The van der Waals surface area contributed by atoms with E-state index in [9.17, 15) is 14.4 Å². The van der Waals surface area contributed by atoms with Crippen LogP contribution in [0, 0.1) is 6.92 Å². The third-order valence-corrected chi connectivity index (χ3v) is 4.87. The zero-order valence-electron chi connectivity index (χ0n) is 16.8. The summed E-state index contributed by atoms with van der Waals surface area (Å²) >= 11 is 0. The van der Waals surface area contributed by atoms with Gasteiger partial charge >= 0.3 is 5.97 Å². The van der Waals surface area contributed by atoms with Gasteiger partial charge < -0.3 is 15.6 Å². The number of carbonyl (C=O) groups excluding carboxylic acids is 2. The third kappa shape index (κ3) is 3.89. The molecule has 0 bridgehead atoms. The quantitative estimate of drug-likeness (QED) is 0.412. The Morgan fingerprint density at radius 2 is 1.97 bits per heavy atom. The molecule has 0 aliphatic heterocycles. The Labute approximate surface area is 173 Å². The maximum Gasteiger partial charge on any atom is 0.341 e. The Morgan fingerprint density at radius 1 is 1.27 bits per heavy atom. The zero-order chi connectivity index (χ0) is 21.8. The third-order valence-electron chi connectivity index (χ3n) is 4.87. The summed E-state index contributed by atoms with van der Waals surface area (Å²) in [4.78, 5) is 34.7. The van der Waals surface area contributed by atoms with Gasteiger partial charge in [0.25, 0.3) is 6.29 Å². The Hall–Kier alpha value is -3.68. The first kappa shape index (κ1) is 21.0. The summed E-state index contributed by atoms with van der Waals surface area (Å²) in [6.07, 6.45) is 2.92. The lowest BCUT2D eigenvalue weighted by Crippen LogP contribution is -2.18. The van der Waals surface area contributed by atoms with Gasteiger partial charge in [0.05, 0.1) is 22.6 Å². The second-order valence-electron chi connectivity index (χ2n) is 6.92. The van der Waals surface area contributed by atoms with Crippen LogP contribution < -0.4 is 10.5 Å². The lowest BCUT2D eigenvalue weighted by molar-refractivity contribution is -0.139. The van der Waals surface area contributed by atoms with Crippen molar-refractivity contribution in [2.75, 3.05) is 12.3 Å². The van der Waals surface area contributed by atoms with Crippen LogP contribution in [0.2, 0.25) is 0 Å². The first-order valence-corrected chi connectivity index (χ1v) is 9.52. The molecule has 0 atom stereocenters. The molecule has 1 radical (unpaired) electrons. The summed E-state index contributed by atoms with van der Waals surface area (Å²) in [6.45, 7) is 3.04. The molecule has 0 spiro atoms. The van der Waals surface area contributed by atoms with E-state index in [1.165, 1.54) is 6.29 Å². The predicted molar refractivity (Wildman–Crippen MR) is 111 cm³/mol. The molecule has 0 saturated carbocycles. The minimum absolute atomic E-state index is 0.0517. The summed E-state index contributed by atoms with van der Waals surface area (Å²) in [6, 6.07) is 9.73. The summed E-state index contributed by atoms with van der Waals surface area (Å²) < 4.78 is 7.08. The number of benzene rings is 1. The normalized spacial score (nSPS) is 10.9. The number of fused-ring (bicyclic) bond motifs is 1. The van der Waals surface area contributed by atoms with Gasteiger partial charge in [-0.1, -0.05) is 43.7 Å². The van der Waals surface area contributed by atoms with Gasteiger partial charge in [-0.2, -0.15) is 5.10 Å². The highest BCUT2D eigenvalue weighted by Gasteiger charge is 2.28. The number of Topliss-reactive ketones (excluding diaryl/α,β-unsaturated/α-hetero) is 1. The minimum atomic E-state index is -1.22. The number of carboxylic acid groups (broad SMARTS) is 1. The van der Waals surface area contributed by atoms with E-state index in [2.05, 4.69) is 5.10 Å². The van der Waals surface area contributed by atoms with Crippen LogP contribution in [-0.2, 0) is 22.4 Å². The highest BCUT2D eigenvalue weighted by molar-refractivity contribution is 6.35. The number of carboxylic acids is 1. The van der Waals surface area contributed by atoms with E-state index in [0.717, 1.165) is 16.8 Å². The van der Waals surface area contributed by atoms with Crippen molar-refractivity contribution in [1.82, 2.24) is 9.61 Å². The molecule has 3 aromatic rings. The van der Waals surface area contributed by atoms with Gasteiger partial charge in [0.2, 0.25) is 5.78 Å². The number of nitrogens with zero attached hydrogens (tertiary/aromatic N) is 2. The van der Waals surface area contributed by atoms with E-state index in [-0.39, 0.29) is 16.8 Å². The first-order chi connectivity index (χ1) is 14.4. The second-order valence-corrected chi connectivity index (χ2v) is 6.92. The number of anilines is 1. The molecule has 3 rings (SSSR count). The smallest absolute Gasteiger partial charge is 0.341 e. The molecule has 155 valence electrons. The van der Waals surface area contributed by atoms with Crippen LogP contribution in [0.25, 0.3) is 5.52 Å². The Balaban J connectivity index is 2.33. The largest absolute Gasteiger partial charge is 0.479 e. The van der Waals surface area contributed by atoms with Crippen LogP contribution in [0.4, 0.5) is 5.69 Å². The molecule has 0 aliphatic rings. The summed E-state index contributed by atoms with van der Waals surface area (Å²) in [5.74, 6) is -2.22. The predicted octanol–water partition coefficient (Wildman–Crippen LogP) is 2.52. The molecule has 30 heavy (non-hydrogen) atoms. The average molecular weight is 408 g/mol. The van der Waals surface area contributed by atoms with Gasteiger partial charge in [0.15, 0.2) is 12.4 Å². The number of aliphatic carboxylic acids is 1. The second kappa shape index (κ2) is 8.77. The standard InChI is InChI=1S/C22H22N3O5/c1-3-7-15-19(17(27)11-26)22(30-12-18(28)29)21-20(23)13(2)16(25(21)24-15)10-14-8-5-4-6-9-14/h4-6,8-9H,3,7,10,12,23H2,1-2H3,(H,28,29). The summed E-state index contributed by atoms with van der Waals surface area (Å²) in [5.41, 5.74) is 9.75. The number of ketones is 1. The van der Waals surface area contributed by atoms with Crippen LogP contribution in [0.5, 0.6) is 5.75 Å². The molecule has 8 heteroatoms. The number of carbonyl (C=O) groups is 2. The molecule has 2 aromatic heterocycles. The molecule has 0 unspecified atom stereocenters. The van der Waals surface area contributed by atoms with E-state index in [4.69, 9.17) is 15.6 Å². The van der Waals surface area contributed by atoms with Crippen LogP contribution in [0.1, 0.15) is 46.2 Å². The minimum Gasteiger partial charge on any atom is -0.479 e. The van der Waals surface area contributed by atoms with E-state index in [1.807, 2.05) is 44.2 Å².